The molecule has 0 aromatic heterocycles. The highest BCUT2D eigenvalue weighted by Crippen LogP contribution is 2.32. The summed E-state index contributed by atoms with van der Waals surface area (Å²) in [4.78, 5) is 2.87. The van der Waals surface area contributed by atoms with Crippen LogP contribution >= 0.6 is 0 Å². The van der Waals surface area contributed by atoms with Gasteiger partial charge in [-0.3, -0.25) is 4.90 Å². The zero-order chi connectivity index (χ0) is 12.1. The van der Waals surface area contributed by atoms with E-state index in [1.807, 2.05) is 0 Å². The molecule has 0 aromatic carbocycles. The van der Waals surface area contributed by atoms with E-state index in [-0.39, 0.29) is 0 Å². The van der Waals surface area contributed by atoms with Gasteiger partial charge in [-0.1, -0.05) is 33.1 Å². The highest BCUT2D eigenvalue weighted by atomic mass is 15.2. The molecule has 2 nitrogen and oxygen atoms in total. The highest BCUT2D eigenvalue weighted by Gasteiger charge is 2.33. The van der Waals surface area contributed by atoms with Gasteiger partial charge in [0.25, 0.3) is 0 Å². The van der Waals surface area contributed by atoms with Crippen molar-refractivity contribution in [2.45, 2.75) is 70.9 Å². The van der Waals surface area contributed by atoms with Gasteiger partial charge in [-0.15, -0.1) is 0 Å². The molecule has 0 amide bonds. The third kappa shape index (κ3) is 3.23. The second-order valence-electron chi connectivity index (χ2n) is 5.90. The molecule has 1 saturated heterocycles. The fraction of sp³-hybridized carbons (Fsp3) is 1.00. The molecule has 1 heterocycles. The smallest absolute Gasteiger partial charge is 0.0235 e. The van der Waals surface area contributed by atoms with Gasteiger partial charge in [0.2, 0.25) is 0 Å². The fourth-order valence-corrected chi connectivity index (χ4v) is 3.90. The summed E-state index contributed by atoms with van der Waals surface area (Å²) in [6.45, 7) is 8.49. The van der Waals surface area contributed by atoms with E-state index < -0.39 is 0 Å². The van der Waals surface area contributed by atoms with Crippen LogP contribution in [0, 0.1) is 5.92 Å². The second-order valence-corrected chi connectivity index (χ2v) is 5.90. The van der Waals surface area contributed by atoms with Gasteiger partial charge in [0.1, 0.15) is 0 Å². The van der Waals surface area contributed by atoms with Crippen LogP contribution in [0.4, 0.5) is 0 Å². The van der Waals surface area contributed by atoms with E-state index in [4.69, 9.17) is 0 Å². The van der Waals surface area contributed by atoms with Crippen molar-refractivity contribution in [2.24, 2.45) is 5.92 Å². The second kappa shape index (κ2) is 6.75. The normalized spacial score (nSPS) is 34.4. The number of nitrogens with one attached hydrogen (secondary N) is 1. The molecule has 0 aromatic rings. The van der Waals surface area contributed by atoms with Crippen molar-refractivity contribution in [1.29, 1.82) is 0 Å². The molecule has 0 spiro atoms. The van der Waals surface area contributed by atoms with Gasteiger partial charge in [-0.05, 0) is 44.7 Å². The van der Waals surface area contributed by atoms with Crippen molar-refractivity contribution in [3.8, 4) is 0 Å². The molecule has 100 valence electrons. The Balaban J connectivity index is 2.01. The van der Waals surface area contributed by atoms with E-state index in [0.717, 1.165) is 18.0 Å². The summed E-state index contributed by atoms with van der Waals surface area (Å²) in [6, 6.07) is 1.71. The molecule has 3 atom stereocenters. The molecule has 1 aliphatic heterocycles. The van der Waals surface area contributed by atoms with Crippen molar-refractivity contribution in [3.63, 3.8) is 0 Å². The average Bonchev–Trinajstić information content (AvgIpc) is 2.89. The van der Waals surface area contributed by atoms with E-state index in [1.54, 1.807) is 0 Å². The minimum absolute atomic E-state index is 0.826. The third-order valence-corrected chi connectivity index (χ3v) is 4.80. The van der Waals surface area contributed by atoms with E-state index in [9.17, 15) is 0 Å². The summed E-state index contributed by atoms with van der Waals surface area (Å²) in [5.41, 5.74) is 0. The van der Waals surface area contributed by atoms with Crippen LogP contribution in [-0.4, -0.2) is 36.6 Å². The topological polar surface area (TPSA) is 15.3 Å². The molecule has 2 rings (SSSR count). The molecule has 1 N–H and O–H groups in total. The molecule has 3 unspecified atom stereocenters. The number of hydrogen-bond donors (Lipinski definition) is 1. The average molecular weight is 238 g/mol. The molecule has 17 heavy (non-hydrogen) atoms. The van der Waals surface area contributed by atoms with Crippen LogP contribution in [-0.2, 0) is 0 Å². The fourth-order valence-electron chi connectivity index (χ4n) is 3.90. The van der Waals surface area contributed by atoms with Crippen LogP contribution in [0.25, 0.3) is 0 Å². The Bertz CT molecular complexity index is 211. The van der Waals surface area contributed by atoms with Gasteiger partial charge in [0, 0.05) is 18.6 Å². The summed E-state index contributed by atoms with van der Waals surface area (Å²) < 4.78 is 0. The Morgan fingerprint density at radius 3 is 2.59 bits per heavy atom. The summed E-state index contributed by atoms with van der Waals surface area (Å²) in [5, 5.41) is 3.54. The molecule has 2 heteroatoms. The van der Waals surface area contributed by atoms with Crippen LogP contribution < -0.4 is 5.32 Å². The van der Waals surface area contributed by atoms with Crippen LogP contribution in [0.1, 0.15) is 58.8 Å². The first-order chi connectivity index (χ1) is 8.36. The maximum Gasteiger partial charge on any atom is 0.0235 e. The quantitative estimate of drug-likeness (QED) is 0.792. The Hall–Kier alpha value is -0.0800. The monoisotopic (exact) mass is 238 g/mol. The Morgan fingerprint density at radius 1 is 1.12 bits per heavy atom. The molecule has 1 saturated carbocycles. The lowest BCUT2D eigenvalue weighted by Crippen LogP contribution is -2.49. The zero-order valence-electron chi connectivity index (χ0n) is 11.8. The first-order valence-electron chi connectivity index (χ1n) is 7.83. The predicted octanol–water partition coefficient (Wildman–Crippen LogP) is 3.03. The van der Waals surface area contributed by atoms with Crippen molar-refractivity contribution >= 4 is 0 Å². The van der Waals surface area contributed by atoms with Crippen molar-refractivity contribution < 1.29 is 0 Å². The number of hydrogen-bond acceptors (Lipinski definition) is 2. The molecular weight excluding hydrogens is 208 g/mol. The largest absolute Gasteiger partial charge is 0.315 e. The predicted molar refractivity (Wildman–Crippen MR) is 74.3 cm³/mol. The van der Waals surface area contributed by atoms with Crippen molar-refractivity contribution in [2.75, 3.05) is 19.6 Å². The van der Waals surface area contributed by atoms with Gasteiger partial charge in [-0.25, -0.2) is 0 Å². The van der Waals surface area contributed by atoms with Gasteiger partial charge in [0.15, 0.2) is 0 Å². The standard InChI is InChI=1S/C15H30N2/c1-3-11-17(14-9-10-16-12-14)15-8-6-5-7-13(15)4-2/h13-16H,3-12H2,1-2H3. The maximum absolute atomic E-state index is 3.54. The lowest BCUT2D eigenvalue weighted by Gasteiger charge is -2.43. The van der Waals surface area contributed by atoms with E-state index in [2.05, 4.69) is 24.1 Å². The van der Waals surface area contributed by atoms with Crippen LogP contribution in [0.3, 0.4) is 0 Å². The molecule has 2 aliphatic rings. The summed E-state index contributed by atoms with van der Waals surface area (Å²) in [6.07, 6.45) is 9.91. The minimum Gasteiger partial charge on any atom is -0.315 e. The lowest BCUT2D eigenvalue weighted by molar-refractivity contribution is 0.0673. The Morgan fingerprint density at radius 2 is 1.94 bits per heavy atom. The van der Waals surface area contributed by atoms with E-state index in [1.165, 1.54) is 64.6 Å². The van der Waals surface area contributed by atoms with Gasteiger partial charge in [-0.2, -0.15) is 0 Å². The van der Waals surface area contributed by atoms with Crippen LogP contribution in [0.15, 0.2) is 0 Å². The third-order valence-electron chi connectivity index (χ3n) is 4.80. The van der Waals surface area contributed by atoms with Gasteiger partial charge >= 0.3 is 0 Å². The van der Waals surface area contributed by atoms with Crippen LogP contribution in [0.5, 0.6) is 0 Å². The number of rotatable bonds is 5. The minimum atomic E-state index is 0.826. The molecule has 0 radical (unpaired) electrons. The summed E-state index contributed by atoms with van der Waals surface area (Å²) >= 11 is 0. The lowest BCUT2D eigenvalue weighted by atomic mass is 9.81. The van der Waals surface area contributed by atoms with Crippen molar-refractivity contribution in [1.82, 2.24) is 10.2 Å². The molecule has 0 bridgehead atoms. The zero-order valence-corrected chi connectivity index (χ0v) is 11.8. The number of nitrogens with zero attached hydrogens (tertiary/aromatic N) is 1. The molecule has 2 fully saturated rings. The summed E-state index contributed by atoms with van der Waals surface area (Å²) in [7, 11) is 0. The van der Waals surface area contributed by atoms with Crippen LogP contribution in [0.2, 0.25) is 0 Å². The highest BCUT2D eigenvalue weighted by molar-refractivity contribution is 4.89. The van der Waals surface area contributed by atoms with Gasteiger partial charge in [0.05, 0.1) is 0 Å². The van der Waals surface area contributed by atoms with Gasteiger partial charge < -0.3 is 5.32 Å². The molecular formula is C15H30N2. The van der Waals surface area contributed by atoms with E-state index >= 15 is 0 Å². The first-order valence-corrected chi connectivity index (χ1v) is 7.83. The molecule has 1 aliphatic carbocycles. The maximum atomic E-state index is 3.54. The SMILES string of the molecule is CCCN(C1CCNC1)C1CCCCC1CC. The van der Waals surface area contributed by atoms with E-state index in [0.29, 0.717) is 0 Å². The summed E-state index contributed by atoms with van der Waals surface area (Å²) in [5.74, 6) is 0.968. The first kappa shape index (κ1) is 13.4. The Kier molecular flexibility index (Phi) is 5.30. The van der Waals surface area contributed by atoms with Crippen molar-refractivity contribution in [3.05, 3.63) is 0 Å². The Labute approximate surface area is 107 Å².